The van der Waals surface area contributed by atoms with Crippen molar-refractivity contribution in [3.05, 3.63) is 29.8 Å². The molecule has 1 aliphatic heterocycles. The van der Waals surface area contributed by atoms with E-state index in [0.29, 0.717) is 18.6 Å². The predicted molar refractivity (Wildman–Crippen MR) is 127 cm³/mol. The van der Waals surface area contributed by atoms with Gasteiger partial charge >= 0.3 is 0 Å². The number of nitrogens with one attached hydrogen (secondary N) is 2. The number of ether oxygens (including phenoxy) is 2. The fourth-order valence-electron chi connectivity index (χ4n) is 3.44. The van der Waals surface area contributed by atoms with Gasteiger partial charge in [0.1, 0.15) is 5.75 Å². The molecule has 160 valence electrons. The van der Waals surface area contributed by atoms with Crippen LogP contribution in [-0.2, 0) is 11.2 Å². The standard InChI is InChI=1S/C21H36N4O2.HI/c1-5-27-20-9-7-6-8-18(20)10-11-23-21(22-4)24-16-19(17(2)3)25-12-14-26-15-13-25;/h6-9,17,19H,5,10-16H2,1-4H3,(H2,22,23,24);1H. The van der Waals surface area contributed by atoms with Crippen LogP contribution in [0.2, 0.25) is 0 Å². The van der Waals surface area contributed by atoms with Crippen LogP contribution in [-0.4, -0.2) is 69.9 Å². The molecule has 1 unspecified atom stereocenters. The largest absolute Gasteiger partial charge is 0.494 e. The van der Waals surface area contributed by atoms with E-state index in [-0.39, 0.29) is 24.0 Å². The molecule has 0 spiro atoms. The van der Waals surface area contributed by atoms with Crippen LogP contribution in [0.3, 0.4) is 0 Å². The molecule has 0 radical (unpaired) electrons. The van der Waals surface area contributed by atoms with Gasteiger partial charge in [0.2, 0.25) is 0 Å². The molecule has 1 aromatic carbocycles. The molecule has 0 amide bonds. The summed E-state index contributed by atoms with van der Waals surface area (Å²) in [7, 11) is 1.82. The van der Waals surface area contributed by atoms with Crippen molar-refractivity contribution in [1.82, 2.24) is 15.5 Å². The number of morpholine rings is 1. The molecule has 1 heterocycles. The van der Waals surface area contributed by atoms with Gasteiger partial charge in [0.15, 0.2) is 5.96 Å². The lowest BCUT2D eigenvalue weighted by Gasteiger charge is -2.37. The average Bonchev–Trinajstić information content (AvgIpc) is 2.69. The van der Waals surface area contributed by atoms with Gasteiger partial charge in [0, 0.05) is 39.3 Å². The van der Waals surface area contributed by atoms with Crippen molar-refractivity contribution < 1.29 is 9.47 Å². The molecule has 1 atom stereocenters. The quantitative estimate of drug-likeness (QED) is 0.308. The van der Waals surface area contributed by atoms with Crippen LogP contribution in [0.1, 0.15) is 26.3 Å². The summed E-state index contributed by atoms with van der Waals surface area (Å²) in [6, 6.07) is 8.70. The van der Waals surface area contributed by atoms with Crippen molar-refractivity contribution in [3.63, 3.8) is 0 Å². The molecule has 6 nitrogen and oxygen atoms in total. The summed E-state index contributed by atoms with van der Waals surface area (Å²) in [5.74, 6) is 2.39. The third-order valence-electron chi connectivity index (χ3n) is 4.95. The van der Waals surface area contributed by atoms with Crippen molar-refractivity contribution in [1.29, 1.82) is 0 Å². The van der Waals surface area contributed by atoms with Gasteiger partial charge in [0.25, 0.3) is 0 Å². The highest BCUT2D eigenvalue weighted by Gasteiger charge is 2.23. The van der Waals surface area contributed by atoms with Crippen molar-refractivity contribution in [2.75, 3.05) is 53.0 Å². The fraction of sp³-hybridized carbons (Fsp3) is 0.667. The first-order valence-electron chi connectivity index (χ1n) is 10.1. The number of rotatable bonds is 9. The van der Waals surface area contributed by atoms with E-state index >= 15 is 0 Å². The third-order valence-corrected chi connectivity index (χ3v) is 4.95. The van der Waals surface area contributed by atoms with Crippen molar-refractivity contribution in [2.24, 2.45) is 10.9 Å². The lowest BCUT2D eigenvalue weighted by atomic mass is 10.0. The fourth-order valence-corrected chi connectivity index (χ4v) is 3.44. The molecule has 0 aromatic heterocycles. The highest BCUT2D eigenvalue weighted by Crippen LogP contribution is 2.18. The van der Waals surface area contributed by atoms with Gasteiger partial charge in [-0.3, -0.25) is 9.89 Å². The van der Waals surface area contributed by atoms with E-state index in [1.165, 1.54) is 5.56 Å². The van der Waals surface area contributed by atoms with E-state index in [2.05, 4.69) is 46.5 Å². The molecular weight excluding hydrogens is 467 g/mol. The van der Waals surface area contributed by atoms with E-state index < -0.39 is 0 Å². The molecule has 1 fully saturated rings. The normalized spacial score (nSPS) is 16.4. The monoisotopic (exact) mass is 504 g/mol. The van der Waals surface area contributed by atoms with Gasteiger partial charge in [0.05, 0.1) is 19.8 Å². The number of nitrogens with zero attached hydrogens (tertiary/aromatic N) is 2. The number of hydrogen-bond donors (Lipinski definition) is 2. The highest BCUT2D eigenvalue weighted by atomic mass is 127. The van der Waals surface area contributed by atoms with Gasteiger partial charge in [-0.15, -0.1) is 24.0 Å². The maximum atomic E-state index is 5.70. The number of hydrogen-bond acceptors (Lipinski definition) is 4. The number of guanidine groups is 1. The Bertz CT molecular complexity index is 577. The van der Waals surface area contributed by atoms with Gasteiger partial charge in [-0.2, -0.15) is 0 Å². The average molecular weight is 504 g/mol. The van der Waals surface area contributed by atoms with E-state index in [4.69, 9.17) is 9.47 Å². The molecular formula is C21H37IN4O2. The highest BCUT2D eigenvalue weighted by molar-refractivity contribution is 14.0. The summed E-state index contributed by atoms with van der Waals surface area (Å²) < 4.78 is 11.2. The lowest BCUT2D eigenvalue weighted by Crippen LogP contribution is -2.52. The number of benzene rings is 1. The third kappa shape index (κ3) is 8.13. The van der Waals surface area contributed by atoms with Crippen LogP contribution in [0, 0.1) is 5.92 Å². The predicted octanol–water partition coefficient (Wildman–Crippen LogP) is 2.77. The smallest absolute Gasteiger partial charge is 0.191 e. The molecule has 1 aromatic rings. The second-order valence-electron chi connectivity index (χ2n) is 7.13. The Morgan fingerprint density at radius 2 is 1.93 bits per heavy atom. The van der Waals surface area contributed by atoms with Crippen molar-refractivity contribution >= 4 is 29.9 Å². The number of halogens is 1. The van der Waals surface area contributed by atoms with Crippen LogP contribution in [0.15, 0.2) is 29.3 Å². The van der Waals surface area contributed by atoms with Crippen molar-refractivity contribution in [3.8, 4) is 5.75 Å². The lowest BCUT2D eigenvalue weighted by molar-refractivity contribution is 0.00752. The maximum Gasteiger partial charge on any atom is 0.191 e. The topological polar surface area (TPSA) is 58.1 Å². The van der Waals surface area contributed by atoms with Gasteiger partial charge in [-0.1, -0.05) is 32.0 Å². The Kier molecular flexibility index (Phi) is 12.5. The molecule has 2 rings (SSSR count). The minimum atomic E-state index is 0. The zero-order valence-electron chi connectivity index (χ0n) is 17.7. The summed E-state index contributed by atoms with van der Waals surface area (Å²) in [4.78, 5) is 6.90. The molecule has 1 saturated heterocycles. The molecule has 28 heavy (non-hydrogen) atoms. The van der Waals surface area contributed by atoms with Crippen LogP contribution < -0.4 is 15.4 Å². The van der Waals surface area contributed by atoms with Gasteiger partial charge in [-0.25, -0.2) is 0 Å². The Morgan fingerprint density at radius 1 is 1.21 bits per heavy atom. The minimum absolute atomic E-state index is 0. The van der Waals surface area contributed by atoms with Gasteiger partial charge in [-0.05, 0) is 30.9 Å². The van der Waals surface area contributed by atoms with Crippen LogP contribution >= 0.6 is 24.0 Å². The molecule has 2 N–H and O–H groups in total. The summed E-state index contributed by atoms with van der Waals surface area (Å²) >= 11 is 0. The van der Waals surface area contributed by atoms with Crippen LogP contribution in [0.4, 0.5) is 0 Å². The SMILES string of the molecule is CCOc1ccccc1CCNC(=NC)NCC(C(C)C)N1CCOCC1.I. The Labute approximate surface area is 187 Å². The van der Waals surface area contributed by atoms with Crippen LogP contribution in [0.25, 0.3) is 0 Å². The zero-order valence-corrected chi connectivity index (χ0v) is 20.1. The Hall–Kier alpha value is -1.06. The zero-order chi connectivity index (χ0) is 19.5. The first-order chi connectivity index (χ1) is 13.2. The summed E-state index contributed by atoms with van der Waals surface area (Å²) in [6.07, 6.45) is 0.897. The van der Waals surface area contributed by atoms with E-state index in [9.17, 15) is 0 Å². The molecule has 0 bridgehead atoms. The Morgan fingerprint density at radius 3 is 2.57 bits per heavy atom. The molecule has 7 heteroatoms. The van der Waals surface area contributed by atoms with Crippen LogP contribution in [0.5, 0.6) is 5.75 Å². The van der Waals surface area contributed by atoms with E-state index in [1.54, 1.807) is 0 Å². The molecule has 0 saturated carbocycles. The first-order valence-corrected chi connectivity index (χ1v) is 10.1. The number of aliphatic imine (C=N–C) groups is 1. The second-order valence-corrected chi connectivity index (χ2v) is 7.13. The number of para-hydroxylation sites is 1. The second kappa shape index (κ2) is 14.0. The van der Waals surface area contributed by atoms with Gasteiger partial charge < -0.3 is 20.1 Å². The summed E-state index contributed by atoms with van der Waals surface area (Å²) in [6.45, 7) is 12.6. The molecule has 0 aliphatic carbocycles. The maximum absolute atomic E-state index is 5.70. The summed E-state index contributed by atoms with van der Waals surface area (Å²) in [5.41, 5.74) is 1.22. The summed E-state index contributed by atoms with van der Waals surface area (Å²) in [5, 5.41) is 6.92. The van der Waals surface area contributed by atoms with E-state index in [1.807, 2.05) is 26.1 Å². The van der Waals surface area contributed by atoms with E-state index in [0.717, 1.165) is 57.5 Å². The van der Waals surface area contributed by atoms with Crippen molar-refractivity contribution in [2.45, 2.75) is 33.2 Å². The Balaban J connectivity index is 0.00000392. The minimum Gasteiger partial charge on any atom is -0.494 e. The molecule has 1 aliphatic rings. The first kappa shape index (κ1) is 25.0.